The van der Waals surface area contributed by atoms with Crippen molar-refractivity contribution in [1.82, 2.24) is 0 Å². The van der Waals surface area contributed by atoms with Gasteiger partial charge in [0.15, 0.2) is 0 Å². The molecule has 3 aromatic rings. The summed E-state index contributed by atoms with van der Waals surface area (Å²) in [7, 11) is 0. The van der Waals surface area contributed by atoms with Crippen LogP contribution >= 0.6 is 0 Å². The number of non-ortho nitro benzene ring substituents is 1. The Balaban J connectivity index is 1.58. The molecule has 0 radical (unpaired) electrons. The SMILES string of the molecule is N[C@H](CC(=O)O)[C@@H](C(=O)OCC1c2ccccc2-c2ccccc21)c1ccc([N+](=O)[O-])cc1. The van der Waals surface area contributed by atoms with Crippen LogP contribution in [-0.2, 0) is 14.3 Å². The molecule has 0 aromatic heterocycles. The number of benzene rings is 3. The molecule has 0 amide bonds. The summed E-state index contributed by atoms with van der Waals surface area (Å²) in [5, 5.41) is 20.1. The number of carbonyl (C=O) groups excluding carboxylic acids is 1. The Labute approximate surface area is 189 Å². The van der Waals surface area contributed by atoms with Gasteiger partial charge in [0.25, 0.3) is 5.69 Å². The highest BCUT2D eigenvalue weighted by Gasteiger charge is 2.34. The second kappa shape index (κ2) is 9.22. The van der Waals surface area contributed by atoms with Crippen molar-refractivity contribution in [2.24, 2.45) is 5.73 Å². The number of nitrogens with zero attached hydrogens (tertiary/aromatic N) is 1. The standard InChI is InChI=1S/C25H22N2O6/c26-22(13-23(28)29)24(15-9-11-16(12-10-15)27(31)32)25(30)33-14-21-19-7-3-1-5-17(19)18-6-2-4-8-20(18)21/h1-12,21-22,24H,13-14,26H2,(H,28,29)/t22-,24+/m1/s1. The van der Waals surface area contributed by atoms with Gasteiger partial charge in [0.05, 0.1) is 17.3 Å². The number of fused-ring (bicyclic) bond motifs is 3. The Kier molecular flexibility index (Phi) is 6.19. The van der Waals surface area contributed by atoms with Crippen molar-refractivity contribution in [2.45, 2.75) is 24.3 Å². The molecule has 0 unspecified atom stereocenters. The Bertz CT molecular complexity index is 1160. The Morgan fingerprint density at radius 1 is 0.970 bits per heavy atom. The van der Waals surface area contributed by atoms with E-state index < -0.39 is 35.2 Å². The maximum Gasteiger partial charge on any atom is 0.315 e. The first-order chi connectivity index (χ1) is 15.9. The van der Waals surface area contributed by atoms with Crippen molar-refractivity contribution < 1.29 is 24.4 Å². The summed E-state index contributed by atoms with van der Waals surface area (Å²) in [6.07, 6.45) is -0.453. The van der Waals surface area contributed by atoms with Gasteiger partial charge in [-0.05, 0) is 27.8 Å². The third-order valence-electron chi connectivity index (χ3n) is 5.91. The van der Waals surface area contributed by atoms with Crippen LogP contribution in [0.4, 0.5) is 5.69 Å². The first kappa shape index (κ1) is 22.2. The molecule has 8 heteroatoms. The molecule has 0 spiro atoms. The van der Waals surface area contributed by atoms with E-state index in [4.69, 9.17) is 10.5 Å². The van der Waals surface area contributed by atoms with Gasteiger partial charge in [0.1, 0.15) is 6.61 Å². The number of nitrogens with two attached hydrogens (primary N) is 1. The zero-order valence-corrected chi connectivity index (χ0v) is 17.6. The molecule has 4 rings (SSSR count). The number of ether oxygens (including phenoxy) is 1. The molecule has 8 nitrogen and oxygen atoms in total. The lowest BCUT2D eigenvalue weighted by atomic mass is 9.89. The summed E-state index contributed by atoms with van der Waals surface area (Å²) in [6, 6.07) is 20.1. The van der Waals surface area contributed by atoms with Gasteiger partial charge in [0.2, 0.25) is 0 Å². The van der Waals surface area contributed by atoms with Crippen molar-refractivity contribution in [3.63, 3.8) is 0 Å². The maximum absolute atomic E-state index is 13.1. The molecule has 0 bridgehead atoms. The number of aliphatic carboxylic acids is 1. The maximum atomic E-state index is 13.1. The smallest absolute Gasteiger partial charge is 0.315 e. The van der Waals surface area contributed by atoms with Crippen LogP contribution in [0.1, 0.15) is 34.9 Å². The van der Waals surface area contributed by atoms with Crippen LogP contribution in [0.2, 0.25) is 0 Å². The van der Waals surface area contributed by atoms with E-state index in [0.717, 1.165) is 22.3 Å². The van der Waals surface area contributed by atoms with Crippen LogP contribution in [0.25, 0.3) is 11.1 Å². The highest BCUT2D eigenvalue weighted by molar-refractivity contribution is 5.82. The molecular formula is C25H22N2O6. The lowest BCUT2D eigenvalue weighted by Crippen LogP contribution is -2.37. The predicted molar refractivity (Wildman–Crippen MR) is 121 cm³/mol. The summed E-state index contributed by atoms with van der Waals surface area (Å²) in [5.74, 6) is -3.05. The van der Waals surface area contributed by atoms with Gasteiger partial charge >= 0.3 is 11.9 Å². The molecule has 1 aliphatic rings. The van der Waals surface area contributed by atoms with Crippen LogP contribution in [-0.4, -0.2) is 34.6 Å². The first-order valence-corrected chi connectivity index (χ1v) is 10.4. The summed E-state index contributed by atoms with van der Waals surface area (Å²) >= 11 is 0. The number of esters is 1. The zero-order valence-electron chi connectivity index (χ0n) is 17.6. The van der Waals surface area contributed by atoms with Crippen LogP contribution < -0.4 is 5.73 Å². The Morgan fingerprint density at radius 3 is 2.03 bits per heavy atom. The fourth-order valence-corrected chi connectivity index (χ4v) is 4.38. The molecular weight excluding hydrogens is 424 g/mol. The number of hydrogen-bond acceptors (Lipinski definition) is 6. The van der Waals surface area contributed by atoms with Gasteiger partial charge < -0.3 is 15.6 Å². The van der Waals surface area contributed by atoms with E-state index in [1.807, 2.05) is 48.5 Å². The molecule has 33 heavy (non-hydrogen) atoms. The third kappa shape index (κ3) is 4.47. The highest BCUT2D eigenvalue weighted by Crippen LogP contribution is 2.44. The van der Waals surface area contributed by atoms with Gasteiger partial charge in [-0.3, -0.25) is 19.7 Å². The molecule has 3 N–H and O–H groups in total. The summed E-state index contributed by atoms with van der Waals surface area (Å²) < 4.78 is 5.69. The average molecular weight is 446 g/mol. The number of nitro benzene ring substituents is 1. The molecule has 2 atom stereocenters. The number of rotatable bonds is 8. The third-order valence-corrected chi connectivity index (χ3v) is 5.91. The van der Waals surface area contributed by atoms with Crippen molar-refractivity contribution in [3.05, 3.63) is 99.6 Å². The topological polar surface area (TPSA) is 133 Å². The quantitative estimate of drug-likeness (QED) is 0.305. The lowest BCUT2D eigenvalue weighted by molar-refractivity contribution is -0.384. The number of nitro groups is 1. The Hall–Kier alpha value is -4.04. The molecule has 3 aromatic carbocycles. The van der Waals surface area contributed by atoms with Crippen LogP contribution in [0.15, 0.2) is 72.8 Å². The lowest BCUT2D eigenvalue weighted by Gasteiger charge is -2.23. The Morgan fingerprint density at radius 2 is 1.52 bits per heavy atom. The van der Waals surface area contributed by atoms with Crippen LogP contribution in [0.3, 0.4) is 0 Å². The van der Waals surface area contributed by atoms with Gasteiger partial charge in [-0.15, -0.1) is 0 Å². The number of hydrogen-bond donors (Lipinski definition) is 2. The van der Waals surface area contributed by atoms with Crippen molar-refractivity contribution in [2.75, 3.05) is 6.61 Å². The molecule has 0 saturated heterocycles. The second-order valence-corrected chi connectivity index (χ2v) is 7.95. The van der Waals surface area contributed by atoms with E-state index in [0.29, 0.717) is 5.56 Å². The van der Waals surface area contributed by atoms with Crippen molar-refractivity contribution in [1.29, 1.82) is 0 Å². The molecule has 0 aliphatic heterocycles. The van der Waals surface area contributed by atoms with Crippen molar-refractivity contribution in [3.8, 4) is 11.1 Å². The summed E-state index contributed by atoms with van der Waals surface area (Å²) in [5.41, 5.74) is 10.6. The monoisotopic (exact) mass is 446 g/mol. The van der Waals surface area contributed by atoms with Crippen molar-refractivity contribution >= 4 is 17.6 Å². The first-order valence-electron chi connectivity index (χ1n) is 10.4. The van der Waals surface area contributed by atoms with Gasteiger partial charge in [-0.2, -0.15) is 0 Å². The second-order valence-electron chi connectivity index (χ2n) is 7.95. The minimum atomic E-state index is -1.15. The van der Waals surface area contributed by atoms with Gasteiger partial charge in [-0.1, -0.05) is 60.7 Å². The zero-order chi connectivity index (χ0) is 23.5. The normalized spacial score (nSPS) is 14.1. The van der Waals surface area contributed by atoms with Gasteiger partial charge in [0, 0.05) is 24.1 Å². The minimum Gasteiger partial charge on any atom is -0.481 e. The molecule has 168 valence electrons. The van der Waals surface area contributed by atoms with E-state index >= 15 is 0 Å². The number of carboxylic acid groups (broad SMARTS) is 1. The number of carbonyl (C=O) groups is 2. The van der Waals surface area contributed by atoms with E-state index in [1.165, 1.54) is 24.3 Å². The molecule has 0 fully saturated rings. The molecule has 1 aliphatic carbocycles. The summed E-state index contributed by atoms with van der Waals surface area (Å²) in [6.45, 7) is 0.0656. The molecule has 0 heterocycles. The van der Waals surface area contributed by atoms with E-state index in [2.05, 4.69) is 0 Å². The van der Waals surface area contributed by atoms with E-state index in [9.17, 15) is 24.8 Å². The van der Waals surface area contributed by atoms with E-state index in [-0.39, 0.29) is 18.2 Å². The highest BCUT2D eigenvalue weighted by atomic mass is 16.6. The van der Waals surface area contributed by atoms with Gasteiger partial charge in [-0.25, -0.2) is 0 Å². The van der Waals surface area contributed by atoms with Crippen LogP contribution in [0.5, 0.6) is 0 Å². The van der Waals surface area contributed by atoms with E-state index in [1.54, 1.807) is 0 Å². The fourth-order valence-electron chi connectivity index (χ4n) is 4.38. The number of carboxylic acids is 1. The fraction of sp³-hybridized carbons (Fsp3) is 0.200. The largest absolute Gasteiger partial charge is 0.481 e. The molecule has 0 saturated carbocycles. The summed E-state index contributed by atoms with van der Waals surface area (Å²) in [4.78, 5) is 34.8. The minimum absolute atomic E-state index is 0.0656. The predicted octanol–water partition coefficient (Wildman–Crippen LogP) is 3.84. The van der Waals surface area contributed by atoms with Crippen LogP contribution in [0, 0.1) is 10.1 Å². The average Bonchev–Trinajstić information content (AvgIpc) is 3.11.